The Bertz CT molecular complexity index is 3450. The van der Waals surface area contributed by atoms with Crippen molar-refractivity contribution in [2.75, 3.05) is 0 Å². The zero-order valence-electron chi connectivity index (χ0n) is 31.3. The highest BCUT2D eigenvalue weighted by Gasteiger charge is 2.22. The largest absolute Gasteiger partial charge is 0.309 e. The fourth-order valence-corrected chi connectivity index (χ4v) is 8.90. The molecule has 12 aromatic rings. The standard InChI is InChI=1S/C53H33N5/c1-3-16-35(17-4-1)51-54-52(36-18-5-2-6-19-36)56-53(55-51)50-40-20-8-7-15-34(40)28-30-48(50)58-47-26-14-11-23-43(47)44-32-38-31-39(29-27-37(38)33-49(44)58)57-45-24-12-9-21-41(45)42-22-10-13-25-46(42)57/h1-33H. The summed E-state index contributed by atoms with van der Waals surface area (Å²) in [6.07, 6.45) is 0. The number of hydrogen-bond acceptors (Lipinski definition) is 3. The van der Waals surface area contributed by atoms with Crippen molar-refractivity contribution >= 4 is 65.2 Å². The van der Waals surface area contributed by atoms with Crippen molar-refractivity contribution < 1.29 is 0 Å². The maximum atomic E-state index is 5.27. The van der Waals surface area contributed by atoms with E-state index in [1.165, 1.54) is 43.4 Å². The van der Waals surface area contributed by atoms with Crippen molar-refractivity contribution in [1.82, 2.24) is 24.1 Å². The van der Waals surface area contributed by atoms with E-state index in [-0.39, 0.29) is 0 Å². The molecule has 0 unspecified atom stereocenters. The molecule has 0 atom stereocenters. The molecule has 0 saturated heterocycles. The van der Waals surface area contributed by atoms with E-state index in [9.17, 15) is 0 Å². The zero-order chi connectivity index (χ0) is 38.2. The smallest absolute Gasteiger partial charge is 0.166 e. The second kappa shape index (κ2) is 12.8. The van der Waals surface area contributed by atoms with Gasteiger partial charge in [-0.3, -0.25) is 0 Å². The van der Waals surface area contributed by atoms with Crippen molar-refractivity contribution in [3.8, 4) is 45.5 Å². The molecule has 0 aliphatic carbocycles. The van der Waals surface area contributed by atoms with Gasteiger partial charge >= 0.3 is 0 Å². The summed E-state index contributed by atoms with van der Waals surface area (Å²) in [4.78, 5) is 15.6. The molecule has 0 N–H and O–H groups in total. The van der Waals surface area contributed by atoms with Gasteiger partial charge in [0.2, 0.25) is 0 Å². The van der Waals surface area contributed by atoms with E-state index in [2.05, 4.69) is 173 Å². The maximum absolute atomic E-state index is 5.27. The molecule has 9 aromatic carbocycles. The average molecular weight is 740 g/mol. The van der Waals surface area contributed by atoms with Gasteiger partial charge in [0, 0.05) is 38.4 Å². The van der Waals surface area contributed by atoms with Gasteiger partial charge in [-0.1, -0.05) is 152 Å². The minimum atomic E-state index is 0.627. The maximum Gasteiger partial charge on any atom is 0.166 e. The Morgan fingerprint density at radius 3 is 1.43 bits per heavy atom. The summed E-state index contributed by atoms with van der Waals surface area (Å²) >= 11 is 0. The average Bonchev–Trinajstić information content (AvgIpc) is 3.80. The predicted molar refractivity (Wildman–Crippen MR) is 240 cm³/mol. The van der Waals surface area contributed by atoms with Crippen molar-refractivity contribution in [1.29, 1.82) is 0 Å². The number of fused-ring (bicyclic) bond motifs is 8. The Morgan fingerprint density at radius 1 is 0.293 bits per heavy atom. The van der Waals surface area contributed by atoms with Crippen LogP contribution in [0.25, 0.3) is 111 Å². The summed E-state index contributed by atoms with van der Waals surface area (Å²) in [5.41, 5.74) is 9.63. The summed E-state index contributed by atoms with van der Waals surface area (Å²) in [5, 5.41) is 9.44. The molecule has 5 nitrogen and oxygen atoms in total. The fraction of sp³-hybridized carbons (Fsp3) is 0. The lowest BCUT2D eigenvalue weighted by Crippen LogP contribution is -2.04. The lowest BCUT2D eigenvalue weighted by atomic mass is 10.0. The first-order chi connectivity index (χ1) is 28.8. The third kappa shape index (κ3) is 5.00. The van der Waals surface area contributed by atoms with Gasteiger partial charge in [-0.15, -0.1) is 0 Å². The molecule has 12 rings (SSSR count). The molecule has 58 heavy (non-hydrogen) atoms. The highest BCUT2D eigenvalue weighted by atomic mass is 15.1. The van der Waals surface area contributed by atoms with Crippen LogP contribution in [0.3, 0.4) is 0 Å². The van der Waals surface area contributed by atoms with Gasteiger partial charge in [-0.25, -0.2) is 15.0 Å². The first-order valence-corrected chi connectivity index (χ1v) is 19.6. The van der Waals surface area contributed by atoms with Gasteiger partial charge in [0.1, 0.15) is 0 Å². The van der Waals surface area contributed by atoms with E-state index < -0.39 is 0 Å². The number of aromatic nitrogens is 5. The van der Waals surface area contributed by atoms with E-state index in [1.54, 1.807) is 0 Å². The Labute approximate surface area is 333 Å². The van der Waals surface area contributed by atoms with Crippen LogP contribution >= 0.6 is 0 Å². The van der Waals surface area contributed by atoms with Gasteiger partial charge < -0.3 is 9.13 Å². The van der Waals surface area contributed by atoms with Crippen LogP contribution in [-0.4, -0.2) is 24.1 Å². The van der Waals surface area contributed by atoms with Crippen LogP contribution in [0.1, 0.15) is 0 Å². The second-order valence-electron chi connectivity index (χ2n) is 14.8. The van der Waals surface area contributed by atoms with Gasteiger partial charge in [-0.05, 0) is 70.1 Å². The molecule has 0 bridgehead atoms. The van der Waals surface area contributed by atoms with Gasteiger partial charge in [0.25, 0.3) is 0 Å². The Morgan fingerprint density at radius 2 is 0.793 bits per heavy atom. The van der Waals surface area contributed by atoms with Crippen LogP contribution in [0.15, 0.2) is 200 Å². The van der Waals surface area contributed by atoms with E-state index in [1.807, 2.05) is 36.4 Å². The minimum absolute atomic E-state index is 0.627. The number of rotatable bonds is 5. The number of para-hydroxylation sites is 3. The summed E-state index contributed by atoms with van der Waals surface area (Å²) < 4.78 is 4.79. The monoisotopic (exact) mass is 739 g/mol. The van der Waals surface area contributed by atoms with Crippen LogP contribution < -0.4 is 0 Å². The van der Waals surface area contributed by atoms with E-state index >= 15 is 0 Å². The molecule has 0 radical (unpaired) electrons. The highest BCUT2D eigenvalue weighted by Crippen LogP contribution is 2.41. The van der Waals surface area contributed by atoms with Crippen LogP contribution in [0, 0.1) is 0 Å². The van der Waals surface area contributed by atoms with Crippen LogP contribution in [0.2, 0.25) is 0 Å². The van der Waals surface area contributed by atoms with Crippen molar-refractivity contribution in [3.63, 3.8) is 0 Å². The molecule has 0 aliphatic rings. The molecule has 0 aliphatic heterocycles. The summed E-state index contributed by atoms with van der Waals surface area (Å²) in [6.45, 7) is 0. The third-order valence-electron chi connectivity index (χ3n) is 11.5. The number of benzene rings is 9. The molecule has 3 heterocycles. The Hall–Kier alpha value is -7.89. The summed E-state index contributed by atoms with van der Waals surface area (Å²) in [5.74, 6) is 1.90. The van der Waals surface area contributed by atoms with E-state index in [4.69, 9.17) is 15.0 Å². The number of hydrogen-bond donors (Lipinski definition) is 0. The van der Waals surface area contributed by atoms with Crippen molar-refractivity contribution in [2.24, 2.45) is 0 Å². The Balaban J connectivity index is 1.13. The van der Waals surface area contributed by atoms with Crippen molar-refractivity contribution in [2.45, 2.75) is 0 Å². The zero-order valence-corrected chi connectivity index (χ0v) is 31.3. The molecular formula is C53H33N5. The molecule has 0 spiro atoms. The first-order valence-electron chi connectivity index (χ1n) is 19.6. The molecular weight excluding hydrogens is 707 g/mol. The molecule has 270 valence electrons. The van der Waals surface area contributed by atoms with Gasteiger partial charge in [-0.2, -0.15) is 0 Å². The van der Waals surface area contributed by atoms with Crippen LogP contribution in [0.4, 0.5) is 0 Å². The number of nitrogens with zero attached hydrogens (tertiary/aromatic N) is 5. The van der Waals surface area contributed by atoms with Crippen LogP contribution in [0.5, 0.6) is 0 Å². The molecule has 0 saturated carbocycles. The lowest BCUT2D eigenvalue weighted by Gasteiger charge is -2.17. The predicted octanol–water partition coefficient (Wildman–Crippen LogP) is 13.4. The fourth-order valence-electron chi connectivity index (χ4n) is 8.90. The third-order valence-corrected chi connectivity index (χ3v) is 11.5. The lowest BCUT2D eigenvalue weighted by molar-refractivity contribution is 1.07. The molecule has 3 aromatic heterocycles. The first kappa shape index (κ1) is 32.4. The van der Waals surface area contributed by atoms with Crippen molar-refractivity contribution in [3.05, 3.63) is 200 Å². The quantitative estimate of drug-likeness (QED) is 0.177. The van der Waals surface area contributed by atoms with Crippen LogP contribution in [-0.2, 0) is 0 Å². The molecule has 0 amide bonds. The summed E-state index contributed by atoms with van der Waals surface area (Å²) in [6, 6.07) is 71.0. The van der Waals surface area contributed by atoms with Gasteiger partial charge in [0.15, 0.2) is 17.5 Å². The van der Waals surface area contributed by atoms with E-state index in [0.29, 0.717) is 17.5 Å². The Kier molecular flexibility index (Phi) is 7.16. The summed E-state index contributed by atoms with van der Waals surface area (Å²) in [7, 11) is 0. The minimum Gasteiger partial charge on any atom is -0.309 e. The highest BCUT2D eigenvalue weighted by molar-refractivity contribution is 6.15. The SMILES string of the molecule is c1ccc(-c2nc(-c3ccccc3)nc(-c3c(-n4c5ccccc5c5cc6cc(-n7c8ccccc8c8ccccc87)ccc6cc54)ccc4ccccc34)n2)cc1. The normalized spacial score (nSPS) is 11.8. The molecule has 5 heteroatoms. The van der Waals surface area contributed by atoms with E-state index in [0.717, 1.165) is 49.9 Å². The van der Waals surface area contributed by atoms with Gasteiger partial charge in [0.05, 0.1) is 33.3 Å². The topological polar surface area (TPSA) is 48.5 Å². The second-order valence-corrected chi connectivity index (χ2v) is 14.8. The molecule has 0 fully saturated rings.